The molecule has 19 heavy (non-hydrogen) atoms. The van der Waals surface area contributed by atoms with Crippen molar-refractivity contribution in [1.29, 1.82) is 0 Å². The molecule has 1 aliphatic heterocycles. The average molecular weight is 261 g/mol. The summed E-state index contributed by atoms with van der Waals surface area (Å²) in [6.45, 7) is 1.62. The van der Waals surface area contributed by atoms with Gasteiger partial charge in [-0.05, 0) is 6.42 Å². The van der Waals surface area contributed by atoms with Gasteiger partial charge >= 0.3 is 0 Å². The van der Waals surface area contributed by atoms with E-state index in [9.17, 15) is 0 Å². The Bertz CT molecular complexity index is 556. The van der Waals surface area contributed by atoms with E-state index < -0.39 is 0 Å². The number of methoxy groups -OCH3 is 1. The van der Waals surface area contributed by atoms with Crippen molar-refractivity contribution in [3.8, 4) is 5.95 Å². The first-order valence-corrected chi connectivity index (χ1v) is 6.04. The Kier molecular flexibility index (Phi) is 3.00. The second kappa shape index (κ2) is 4.81. The number of nitrogens with zero attached hydrogens (tertiary/aromatic N) is 6. The number of imidazole rings is 1. The van der Waals surface area contributed by atoms with E-state index in [1.54, 1.807) is 30.4 Å². The molecule has 1 fully saturated rings. The van der Waals surface area contributed by atoms with Gasteiger partial charge in [-0.1, -0.05) is 0 Å². The highest BCUT2D eigenvalue weighted by atomic mass is 16.5. The fourth-order valence-corrected chi connectivity index (χ4v) is 2.11. The molecule has 8 nitrogen and oxygen atoms in total. The second-order valence-electron chi connectivity index (χ2n) is 4.36. The van der Waals surface area contributed by atoms with Gasteiger partial charge in [-0.3, -0.25) is 4.57 Å². The van der Waals surface area contributed by atoms with Crippen LogP contribution in [-0.2, 0) is 4.74 Å². The molecule has 0 saturated carbocycles. The molecule has 0 amide bonds. The molecule has 8 heteroatoms. The Hall–Kier alpha value is -2.22. The monoisotopic (exact) mass is 261 g/mol. The Morgan fingerprint density at radius 3 is 2.84 bits per heavy atom. The topological polar surface area (TPSA) is 95.0 Å². The summed E-state index contributed by atoms with van der Waals surface area (Å²) >= 11 is 0. The molecule has 0 aliphatic carbocycles. The zero-order valence-electron chi connectivity index (χ0n) is 10.6. The van der Waals surface area contributed by atoms with E-state index in [1.807, 2.05) is 4.90 Å². The van der Waals surface area contributed by atoms with E-state index in [0.29, 0.717) is 11.9 Å². The Morgan fingerprint density at radius 2 is 2.16 bits per heavy atom. The summed E-state index contributed by atoms with van der Waals surface area (Å²) in [5.41, 5.74) is 5.75. The summed E-state index contributed by atoms with van der Waals surface area (Å²) in [5, 5.41) is 0. The number of rotatable bonds is 3. The highest BCUT2D eigenvalue weighted by Crippen LogP contribution is 2.19. The molecule has 3 heterocycles. The first-order valence-electron chi connectivity index (χ1n) is 6.04. The second-order valence-corrected chi connectivity index (χ2v) is 4.36. The van der Waals surface area contributed by atoms with Gasteiger partial charge in [0.15, 0.2) is 0 Å². The average Bonchev–Trinajstić information content (AvgIpc) is 3.09. The van der Waals surface area contributed by atoms with Crippen LogP contribution >= 0.6 is 0 Å². The molecule has 2 aromatic heterocycles. The number of nitrogen functional groups attached to an aromatic ring is 1. The molecule has 1 aliphatic rings. The molecule has 1 unspecified atom stereocenters. The maximum atomic E-state index is 5.75. The van der Waals surface area contributed by atoms with Gasteiger partial charge in [0, 0.05) is 32.6 Å². The number of nitrogens with two attached hydrogens (primary N) is 1. The lowest BCUT2D eigenvalue weighted by atomic mass is 10.3. The lowest BCUT2D eigenvalue weighted by Crippen LogP contribution is -2.25. The molecular weight excluding hydrogens is 246 g/mol. The molecule has 0 aromatic carbocycles. The van der Waals surface area contributed by atoms with Gasteiger partial charge in [0.1, 0.15) is 6.33 Å². The predicted molar refractivity (Wildman–Crippen MR) is 69.0 cm³/mol. The molecule has 100 valence electrons. The van der Waals surface area contributed by atoms with E-state index in [-0.39, 0.29) is 12.1 Å². The van der Waals surface area contributed by atoms with Crippen LogP contribution in [0.5, 0.6) is 0 Å². The van der Waals surface area contributed by atoms with Gasteiger partial charge in [0.25, 0.3) is 0 Å². The Morgan fingerprint density at radius 1 is 1.32 bits per heavy atom. The molecule has 1 saturated heterocycles. The van der Waals surface area contributed by atoms with E-state index in [2.05, 4.69) is 19.9 Å². The largest absolute Gasteiger partial charge is 0.380 e. The van der Waals surface area contributed by atoms with Crippen LogP contribution in [0.25, 0.3) is 5.95 Å². The van der Waals surface area contributed by atoms with E-state index in [4.69, 9.17) is 10.5 Å². The molecule has 1 atom stereocenters. The number of ether oxygens (including phenoxy) is 1. The van der Waals surface area contributed by atoms with Crippen molar-refractivity contribution in [2.45, 2.75) is 12.5 Å². The van der Waals surface area contributed by atoms with E-state index in [0.717, 1.165) is 19.5 Å². The minimum Gasteiger partial charge on any atom is -0.380 e. The molecule has 0 spiro atoms. The summed E-state index contributed by atoms with van der Waals surface area (Å²) in [5.74, 6) is 1.26. The van der Waals surface area contributed by atoms with Crippen LogP contribution in [0.2, 0.25) is 0 Å². The zero-order chi connectivity index (χ0) is 13.2. The molecule has 3 rings (SSSR count). The standard InChI is InChI=1S/C11H15N7O/c1-19-8-2-4-17(6-8)10-14-9(12)15-11(16-10)18-5-3-13-7-18/h3,5,7-8H,2,4,6H2,1H3,(H2,12,14,15,16). The summed E-state index contributed by atoms with van der Waals surface area (Å²) in [6.07, 6.45) is 6.23. The van der Waals surface area contributed by atoms with Gasteiger partial charge in [0.2, 0.25) is 17.8 Å². The van der Waals surface area contributed by atoms with Crippen molar-refractivity contribution in [2.24, 2.45) is 0 Å². The zero-order valence-corrected chi connectivity index (χ0v) is 10.6. The van der Waals surface area contributed by atoms with Crippen molar-refractivity contribution >= 4 is 11.9 Å². The van der Waals surface area contributed by atoms with Crippen molar-refractivity contribution in [2.75, 3.05) is 30.8 Å². The van der Waals surface area contributed by atoms with Crippen molar-refractivity contribution in [3.63, 3.8) is 0 Å². The third-order valence-electron chi connectivity index (χ3n) is 3.13. The highest BCUT2D eigenvalue weighted by Gasteiger charge is 2.24. The summed E-state index contributed by atoms with van der Waals surface area (Å²) in [4.78, 5) is 18.7. The van der Waals surface area contributed by atoms with Gasteiger partial charge in [-0.2, -0.15) is 15.0 Å². The minimum absolute atomic E-state index is 0.203. The Balaban J connectivity index is 1.90. The first kappa shape index (κ1) is 11.8. The van der Waals surface area contributed by atoms with Crippen molar-refractivity contribution in [1.82, 2.24) is 24.5 Å². The smallest absolute Gasteiger partial charge is 0.241 e. The van der Waals surface area contributed by atoms with Gasteiger partial charge < -0.3 is 15.4 Å². The van der Waals surface area contributed by atoms with Crippen LogP contribution < -0.4 is 10.6 Å². The predicted octanol–water partition coefficient (Wildman–Crippen LogP) is -0.135. The van der Waals surface area contributed by atoms with Crippen molar-refractivity contribution < 1.29 is 4.74 Å². The van der Waals surface area contributed by atoms with Crippen LogP contribution in [0.15, 0.2) is 18.7 Å². The van der Waals surface area contributed by atoms with Crippen LogP contribution in [0.4, 0.5) is 11.9 Å². The summed E-state index contributed by atoms with van der Waals surface area (Å²) < 4.78 is 7.04. The van der Waals surface area contributed by atoms with Crippen LogP contribution in [0.1, 0.15) is 6.42 Å². The lowest BCUT2D eigenvalue weighted by molar-refractivity contribution is 0.121. The van der Waals surface area contributed by atoms with Gasteiger partial charge in [-0.25, -0.2) is 4.98 Å². The van der Waals surface area contributed by atoms with Crippen LogP contribution in [0.3, 0.4) is 0 Å². The summed E-state index contributed by atoms with van der Waals surface area (Å²) in [6, 6.07) is 0. The van der Waals surface area contributed by atoms with Gasteiger partial charge in [-0.15, -0.1) is 0 Å². The molecular formula is C11H15N7O. The normalized spacial score (nSPS) is 19.0. The van der Waals surface area contributed by atoms with Crippen LogP contribution in [-0.4, -0.2) is 50.8 Å². The highest BCUT2D eigenvalue weighted by molar-refractivity contribution is 5.39. The molecule has 2 N–H and O–H groups in total. The SMILES string of the molecule is COC1CCN(c2nc(N)nc(-n3ccnc3)n2)C1. The summed E-state index contributed by atoms with van der Waals surface area (Å²) in [7, 11) is 1.72. The lowest BCUT2D eigenvalue weighted by Gasteiger charge is -2.16. The fourth-order valence-electron chi connectivity index (χ4n) is 2.11. The van der Waals surface area contributed by atoms with E-state index in [1.165, 1.54) is 0 Å². The van der Waals surface area contributed by atoms with E-state index >= 15 is 0 Å². The molecule has 0 radical (unpaired) electrons. The third kappa shape index (κ3) is 2.34. The maximum absolute atomic E-state index is 5.75. The number of hydrogen-bond donors (Lipinski definition) is 1. The van der Waals surface area contributed by atoms with Crippen LogP contribution in [0, 0.1) is 0 Å². The number of anilines is 2. The van der Waals surface area contributed by atoms with Gasteiger partial charge in [0.05, 0.1) is 6.10 Å². The molecule has 0 bridgehead atoms. The minimum atomic E-state index is 0.203. The quantitative estimate of drug-likeness (QED) is 0.821. The number of aromatic nitrogens is 5. The third-order valence-corrected chi connectivity index (χ3v) is 3.13. The fraction of sp³-hybridized carbons (Fsp3) is 0.455. The Labute approximate surface area is 110 Å². The van der Waals surface area contributed by atoms with Crippen molar-refractivity contribution in [3.05, 3.63) is 18.7 Å². The maximum Gasteiger partial charge on any atom is 0.241 e. The molecule has 2 aromatic rings. The number of hydrogen-bond acceptors (Lipinski definition) is 7. The first-order chi connectivity index (χ1) is 9.26.